The van der Waals surface area contributed by atoms with Crippen LogP contribution in [0.4, 0.5) is 5.69 Å². The maximum Gasteiger partial charge on any atom is 0.262 e. The van der Waals surface area contributed by atoms with E-state index in [4.69, 9.17) is 21.1 Å². The number of imide groups is 1. The molecule has 8 nitrogen and oxygen atoms in total. The van der Waals surface area contributed by atoms with Crippen molar-refractivity contribution in [1.82, 2.24) is 5.01 Å². The van der Waals surface area contributed by atoms with Gasteiger partial charge in [0.1, 0.15) is 0 Å². The molecule has 0 unspecified atom stereocenters. The van der Waals surface area contributed by atoms with Crippen LogP contribution in [0, 0.1) is 23.7 Å². The summed E-state index contributed by atoms with van der Waals surface area (Å²) in [6, 6.07) is 12.3. The van der Waals surface area contributed by atoms with Crippen LogP contribution in [0.15, 0.2) is 59.7 Å². The number of halogens is 1. The van der Waals surface area contributed by atoms with Crippen LogP contribution in [-0.2, 0) is 14.4 Å². The monoisotopic (exact) mass is 493 g/mol. The smallest absolute Gasteiger partial charge is 0.262 e. The van der Waals surface area contributed by atoms with E-state index in [9.17, 15) is 14.4 Å². The van der Waals surface area contributed by atoms with Gasteiger partial charge in [-0.15, -0.1) is 0 Å². The molecule has 1 N–H and O–H groups in total. The number of ether oxygens (including phenoxy) is 2. The summed E-state index contributed by atoms with van der Waals surface area (Å²) in [5.74, 6) is -0.688. The van der Waals surface area contributed by atoms with Gasteiger partial charge in [0.05, 0.1) is 29.7 Å². The Morgan fingerprint density at radius 2 is 1.80 bits per heavy atom. The molecule has 35 heavy (non-hydrogen) atoms. The summed E-state index contributed by atoms with van der Waals surface area (Å²) in [6.07, 6.45) is 6.35. The van der Waals surface area contributed by atoms with Gasteiger partial charge in [-0.1, -0.05) is 42.0 Å². The second-order valence-electron chi connectivity index (χ2n) is 8.70. The number of amides is 3. The first-order valence-corrected chi connectivity index (χ1v) is 11.9. The molecule has 1 aliphatic heterocycles. The molecule has 0 aromatic heterocycles. The van der Waals surface area contributed by atoms with E-state index in [2.05, 4.69) is 10.4 Å². The third-order valence-corrected chi connectivity index (χ3v) is 6.79. The van der Waals surface area contributed by atoms with Gasteiger partial charge in [-0.25, -0.2) is 0 Å². The maximum atomic E-state index is 12.8. The van der Waals surface area contributed by atoms with Gasteiger partial charge in [0.25, 0.3) is 17.7 Å². The molecular formula is C26H24ClN3O5. The molecule has 2 aromatic carbocycles. The number of anilines is 1. The molecule has 180 valence electrons. The fourth-order valence-corrected chi connectivity index (χ4v) is 5.32. The number of nitrogens with zero attached hydrogens (tertiary/aromatic N) is 2. The van der Waals surface area contributed by atoms with Crippen molar-refractivity contribution in [2.45, 2.75) is 13.3 Å². The van der Waals surface area contributed by atoms with Gasteiger partial charge >= 0.3 is 0 Å². The summed E-state index contributed by atoms with van der Waals surface area (Å²) < 4.78 is 11.3. The van der Waals surface area contributed by atoms with E-state index in [1.54, 1.807) is 24.3 Å². The number of rotatable bonds is 8. The van der Waals surface area contributed by atoms with Crippen molar-refractivity contribution in [2.24, 2.45) is 28.8 Å². The van der Waals surface area contributed by atoms with Crippen LogP contribution in [0.1, 0.15) is 18.9 Å². The van der Waals surface area contributed by atoms with Crippen molar-refractivity contribution < 1.29 is 23.9 Å². The molecule has 1 saturated heterocycles. The van der Waals surface area contributed by atoms with E-state index in [0.29, 0.717) is 23.6 Å². The fraction of sp³-hybridized carbons (Fsp3) is 0.308. The Balaban J connectivity index is 1.29. The number of para-hydroxylation sites is 1. The van der Waals surface area contributed by atoms with Crippen molar-refractivity contribution >= 4 is 41.2 Å². The largest absolute Gasteiger partial charge is 0.490 e. The average molecular weight is 494 g/mol. The normalized spacial score (nSPS) is 24.3. The minimum atomic E-state index is -0.347. The number of benzene rings is 2. The molecule has 0 spiro atoms. The van der Waals surface area contributed by atoms with Crippen molar-refractivity contribution in [3.63, 3.8) is 0 Å². The Morgan fingerprint density at radius 1 is 1.11 bits per heavy atom. The average Bonchev–Trinajstić information content (AvgIpc) is 3.52. The van der Waals surface area contributed by atoms with Crippen LogP contribution in [-0.4, -0.2) is 42.2 Å². The summed E-state index contributed by atoms with van der Waals surface area (Å²) in [6.45, 7) is 1.88. The Kier molecular flexibility index (Phi) is 6.30. The molecular weight excluding hydrogens is 470 g/mol. The summed E-state index contributed by atoms with van der Waals surface area (Å²) in [5.41, 5.74) is 1.18. The Bertz CT molecular complexity index is 1200. The zero-order valence-corrected chi connectivity index (χ0v) is 19.8. The second-order valence-corrected chi connectivity index (χ2v) is 9.11. The van der Waals surface area contributed by atoms with Crippen LogP contribution in [0.25, 0.3) is 0 Å². The van der Waals surface area contributed by atoms with Crippen LogP contribution in [0.5, 0.6) is 11.5 Å². The molecule has 3 aliphatic rings. The van der Waals surface area contributed by atoms with E-state index < -0.39 is 0 Å². The molecule has 0 radical (unpaired) electrons. The fourth-order valence-electron chi connectivity index (χ4n) is 5.05. The van der Waals surface area contributed by atoms with E-state index in [-0.39, 0.29) is 58.8 Å². The minimum absolute atomic E-state index is 0.121. The predicted molar refractivity (Wildman–Crippen MR) is 130 cm³/mol. The molecule has 9 heteroatoms. The number of carbonyl (C=O) groups excluding carboxylic acids is 3. The summed E-state index contributed by atoms with van der Waals surface area (Å²) in [4.78, 5) is 37.9. The van der Waals surface area contributed by atoms with Crippen LogP contribution in [0.3, 0.4) is 0 Å². The first-order chi connectivity index (χ1) is 17.0. The van der Waals surface area contributed by atoms with Gasteiger partial charge in [-0.3, -0.25) is 14.4 Å². The van der Waals surface area contributed by atoms with Crippen molar-refractivity contribution in [3.05, 3.63) is 65.2 Å². The predicted octanol–water partition coefficient (Wildman–Crippen LogP) is 3.90. The highest BCUT2D eigenvalue weighted by atomic mass is 35.5. The summed E-state index contributed by atoms with van der Waals surface area (Å²) >= 11 is 6.44. The number of fused-ring (bicyclic) bond motifs is 5. The maximum absolute atomic E-state index is 12.8. The Labute approximate surface area is 207 Å². The zero-order chi connectivity index (χ0) is 24.5. The van der Waals surface area contributed by atoms with Crippen molar-refractivity contribution in [2.75, 3.05) is 18.5 Å². The zero-order valence-electron chi connectivity index (χ0n) is 19.0. The molecule has 3 amide bonds. The van der Waals surface area contributed by atoms with Crippen LogP contribution in [0.2, 0.25) is 5.02 Å². The highest BCUT2D eigenvalue weighted by Gasteiger charge is 2.59. The number of hydrogen-bond donors (Lipinski definition) is 1. The van der Waals surface area contributed by atoms with E-state index in [1.807, 2.05) is 37.3 Å². The number of hydrogen-bond acceptors (Lipinski definition) is 6. The molecule has 2 aliphatic carbocycles. The number of nitrogens with one attached hydrogen (secondary N) is 1. The van der Waals surface area contributed by atoms with Gasteiger partial charge < -0.3 is 14.8 Å². The van der Waals surface area contributed by atoms with Gasteiger partial charge in [0.15, 0.2) is 18.1 Å². The van der Waals surface area contributed by atoms with E-state index in [1.165, 1.54) is 6.21 Å². The molecule has 2 bridgehead atoms. The Morgan fingerprint density at radius 3 is 2.46 bits per heavy atom. The number of carbonyl (C=O) groups is 3. The van der Waals surface area contributed by atoms with E-state index >= 15 is 0 Å². The second kappa shape index (κ2) is 9.54. The SMILES string of the molecule is CCOc1cc(C=NN2C(=O)[C@@H]3[C@H](C2=O)[C@H]2C=C[C@H]3C2)cc(Cl)c1OCC(=O)Nc1ccccc1. The third kappa shape index (κ3) is 4.41. The molecule has 2 aromatic rings. The summed E-state index contributed by atoms with van der Waals surface area (Å²) in [5, 5.41) is 8.12. The summed E-state index contributed by atoms with van der Waals surface area (Å²) in [7, 11) is 0. The lowest BCUT2D eigenvalue weighted by atomic mass is 9.85. The van der Waals surface area contributed by atoms with Gasteiger partial charge in [-0.05, 0) is 55.0 Å². The van der Waals surface area contributed by atoms with Crippen LogP contribution < -0.4 is 14.8 Å². The van der Waals surface area contributed by atoms with E-state index in [0.717, 1.165) is 11.4 Å². The lowest BCUT2D eigenvalue weighted by Crippen LogP contribution is -2.28. The molecule has 1 saturated carbocycles. The highest BCUT2D eigenvalue weighted by molar-refractivity contribution is 6.32. The lowest BCUT2D eigenvalue weighted by Gasteiger charge is -2.15. The third-order valence-electron chi connectivity index (χ3n) is 6.51. The van der Waals surface area contributed by atoms with Gasteiger partial charge in [0, 0.05) is 5.69 Å². The first-order valence-electron chi connectivity index (χ1n) is 11.5. The lowest BCUT2D eigenvalue weighted by molar-refractivity contribution is -0.140. The van der Waals surface area contributed by atoms with Gasteiger partial charge in [0.2, 0.25) is 0 Å². The van der Waals surface area contributed by atoms with Crippen molar-refractivity contribution in [3.8, 4) is 11.5 Å². The first kappa shape index (κ1) is 23.1. The standard InChI is InChI=1S/C26H24ClN3O5/c1-2-34-20-11-15(10-19(27)24(20)35-14-21(31)29-18-6-4-3-5-7-18)13-28-30-25(32)22-16-8-9-17(12-16)23(22)26(30)33/h3-11,13,16-17,22-23H,2,12,14H2,1H3,(H,29,31)/t16-,17-,22-,23+/m0/s1. The number of allylic oxidation sites excluding steroid dienone is 2. The van der Waals surface area contributed by atoms with Gasteiger partial charge in [-0.2, -0.15) is 10.1 Å². The Hall–Kier alpha value is -3.65. The van der Waals surface area contributed by atoms with Crippen molar-refractivity contribution in [1.29, 1.82) is 0 Å². The minimum Gasteiger partial charge on any atom is -0.490 e. The molecule has 5 rings (SSSR count). The molecule has 4 atom stereocenters. The topological polar surface area (TPSA) is 97.3 Å². The van der Waals surface area contributed by atoms with Crippen LogP contribution >= 0.6 is 11.6 Å². The number of hydrazone groups is 1. The quantitative estimate of drug-likeness (QED) is 0.342. The molecule has 1 heterocycles. The molecule has 2 fully saturated rings. The highest BCUT2D eigenvalue weighted by Crippen LogP contribution is 2.52.